The van der Waals surface area contributed by atoms with E-state index in [1.54, 1.807) is 0 Å². The van der Waals surface area contributed by atoms with Crippen molar-refractivity contribution in [1.29, 1.82) is 0 Å². The number of hydrogen-bond acceptors (Lipinski definition) is 7. The van der Waals surface area contributed by atoms with E-state index < -0.39 is 36.2 Å². The van der Waals surface area contributed by atoms with Crippen molar-refractivity contribution in [1.82, 2.24) is 14.8 Å². The molecule has 12 heteroatoms. The molecule has 0 aliphatic carbocycles. The molecule has 0 radical (unpaired) electrons. The van der Waals surface area contributed by atoms with Crippen molar-refractivity contribution < 1.29 is 37.0 Å². The van der Waals surface area contributed by atoms with Crippen LogP contribution in [0.2, 0.25) is 0 Å². The minimum absolute atomic E-state index is 0.0632. The molecule has 0 atom stereocenters. The van der Waals surface area contributed by atoms with Crippen molar-refractivity contribution in [2.45, 2.75) is 6.18 Å². The molecule has 0 spiro atoms. The average Bonchev–Trinajstić information content (AvgIpc) is 3.31. The molecule has 0 bridgehead atoms. The fourth-order valence-corrected chi connectivity index (χ4v) is 2.69. The highest BCUT2D eigenvalue weighted by Gasteiger charge is 2.31. The maximum absolute atomic E-state index is 13.1. The van der Waals surface area contributed by atoms with E-state index in [9.17, 15) is 27.6 Å². The number of amides is 1. The summed E-state index contributed by atoms with van der Waals surface area (Å²) in [6.45, 7) is -0.818. The van der Waals surface area contributed by atoms with Gasteiger partial charge >= 0.3 is 18.1 Å². The maximum atomic E-state index is 13.1. The van der Waals surface area contributed by atoms with Crippen LogP contribution in [0.25, 0.3) is 5.69 Å². The summed E-state index contributed by atoms with van der Waals surface area (Å²) in [5.41, 5.74) is -1.30. The van der Waals surface area contributed by atoms with Gasteiger partial charge < -0.3 is 14.8 Å². The molecule has 32 heavy (non-hydrogen) atoms. The van der Waals surface area contributed by atoms with Crippen LogP contribution < -0.4 is 5.32 Å². The lowest BCUT2D eigenvalue weighted by molar-refractivity contribution is -0.137. The van der Waals surface area contributed by atoms with E-state index in [0.29, 0.717) is 0 Å². The van der Waals surface area contributed by atoms with Gasteiger partial charge in [-0.1, -0.05) is 12.1 Å². The van der Waals surface area contributed by atoms with Gasteiger partial charge in [0.1, 0.15) is 12.7 Å². The van der Waals surface area contributed by atoms with Crippen molar-refractivity contribution in [2.24, 2.45) is 0 Å². The Labute approximate surface area is 178 Å². The SMILES string of the molecule is COC(=O)c1ccccc1C(=O)OCC(=O)Nc1cc(C(F)(F)F)ccc1-n1cncn1. The van der Waals surface area contributed by atoms with E-state index in [2.05, 4.69) is 20.1 Å². The molecule has 0 saturated heterocycles. The Morgan fingerprint density at radius 2 is 1.75 bits per heavy atom. The first-order valence-corrected chi connectivity index (χ1v) is 8.91. The van der Waals surface area contributed by atoms with Crippen LogP contribution in [0.1, 0.15) is 26.3 Å². The molecule has 3 aromatic rings. The fraction of sp³-hybridized carbons (Fsp3) is 0.150. The monoisotopic (exact) mass is 448 g/mol. The van der Waals surface area contributed by atoms with E-state index in [1.807, 2.05) is 0 Å². The lowest BCUT2D eigenvalue weighted by Gasteiger charge is -2.14. The summed E-state index contributed by atoms with van der Waals surface area (Å²) in [7, 11) is 1.14. The lowest BCUT2D eigenvalue weighted by atomic mass is 10.1. The second kappa shape index (κ2) is 9.29. The van der Waals surface area contributed by atoms with Crippen LogP contribution in [-0.2, 0) is 20.4 Å². The third kappa shape index (κ3) is 5.09. The number of halogens is 3. The van der Waals surface area contributed by atoms with Gasteiger partial charge in [0.25, 0.3) is 5.91 Å². The van der Waals surface area contributed by atoms with Crippen LogP contribution in [0.3, 0.4) is 0 Å². The first kappa shape index (κ1) is 22.5. The number of aromatic nitrogens is 3. The standard InChI is InChI=1S/C20H15F3N4O5/c1-31-18(29)13-4-2-3-5-14(13)19(30)32-9-17(28)26-15-8-12(20(21,22)23)6-7-16(15)27-11-24-10-25-27/h2-8,10-11H,9H2,1H3,(H,26,28). The molecule has 0 saturated carbocycles. The van der Waals surface area contributed by atoms with Crippen LogP contribution >= 0.6 is 0 Å². The van der Waals surface area contributed by atoms with E-state index in [4.69, 9.17) is 4.74 Å². The first-order chi connectivity index (χ1) is 15.2. The summed E-state index contributed by atoms with van der Waals surface area (Å²) in [6, 6.07) is 8.31. The Bertz CT molecular complexity index is 1150. The van der Waals surface area contributed by atoms with Crippen molar-refractivity contribution in [3.8, 4) is 5.69 Å². The summed E-state index contributed by atoms with van der Waals surface area (Å²) in [4.78, 5) is 40.1. The molecule has 1 aromatic heterocycles. The van der Waals surface area contributed by atoms with Crippen LogP contribution in [0, 0.1) is 0 Å². The molecule has 166 valence electrons. The summed E-state index contributed by atoms with van der Waals surface area (Å²) in [5, 5.41) is 6.11. The van der Waals surface area contributed by atoms with E-state index in [0.717, 1.165) is 30.0 Å². The Morgan fingerprint density at radius 3 is 2.34 bits per heavy atom. The molecule has 0 aliphatic rings. The molecule has 0 aliphatic heterocycles. The number of anilines is 1. The third-order valence-corrected chi connectivity index (χ3v) is 4.15. The molecule has 1 N–H and O–H groups in total. The van der Waals surface area contributed by atoms with Crippen molar-refractivity contribution in [2.75, 3.05) is 19.0 Å². The predicted molar refractivity (Wildman–Crippen MR) is 103 cm³/mol. The number of nitrogens with one attached hydrogen (secondary N) is 1. The van der Waals surface area contributed by atoms with Crippen molar-refractivity contribution >= 4 is 23.5 Å². The Kier molecular flexibility index (Phi) is 6.52. The van der Waals surface area contributed by atoms with Gasteiger partial charge in [0.05, 0.1) is 35.2 Å². The van der Waals surface area contributed by atoms with Crippen LogP contribution in [0.4, 0.5) is 18.9 Å². The van der Waals surface area contributed by atoms with Crippen LogP contribution in [0.5, 0.6) is 0 Å². The number of nitrogens with zero attached hydrogens (tertiary/aromatic N) is 3. The number of carbonyl (C=O) groups excluding carboxylic acids is 3. The number of benzene rings is 2. The highest BCUT2D eigenvalue weighted by Crippen LogP contribution is 2.33. The zero-order valence-electron chi connectivity index (χ0n) is 16.4. The van der Waals surface area contributed by atoms with E-state index in [-0.39, 0.29) is 22.5 Å². The fourth-order valence-electron chi connectivity index (χ4n) is 2.69. The van der Waals surface area contributed by atoms with Gasteiger partial charge in [0, 0.05) is 0 Å². The summed E-state index contributed by atoms with van der Waals surface area (Å²) in [5.74, 6) is -2.67. The van der Waals surface area contributed by atoms with Gasteiger partial charge in [-0.3, -0.25) is 4.79 Å². The normalized spacial score (nSPS) is 11.0. The van der Waals surface area contributed by atoms with Gasteiger partial charge in [-0.2, -0.15) is 18.3 Å². The first-order valence-electron chi connectivity index (χ1n) is 8.91. The second-order valence-electron chi connectivity index (χ2n) is 6.23. The number of alkyl halides is 3. The highest BCUT2D eigenvalue weighted by atomic mass is 19.4. The van der Waals surface area contributed by atoms with Gasteiger partial charge in [0.2, 0.25) is 0 Å². The number of rotatable bonds is 6. The molecule has 0 unspecified atom stereocenters. The number of esters is 2. The highest BCUT2D eigenvalue weighted by molar-refractivity contribution is 6.04. The zero-order chi connectivity index (χ0) is 23.3. The molecule has 1 heterocycles. The number of methoxy groups -OCH3 is 1. The third-order valence-electron chi connectivity index (χ3n) is 4.15. The van der Waals surface area contributed by atoms with Crippen LogP contribution in [0.15, 0.2) is 55.1 Å². The number of ether oxygens (including phenoxy) is 2. The zero-order valence-corrected chi connectivity index (χ0v) is 16.4. The quantitative estimate of drug-likeness (QED) is 0.577. The van der Waals surface area contributed by atoms with Crippen molar-refractivity contribution in [3.63, 3.8) is 0 Å². The molecular formula is C20H15F3N4O5. The average molecular weight is 448 g/mol. The topological polar surface area (TPSA) is 112 Å². The summed E-state index contributed by atoms with van der Waals surface area (Å²) < 4.78 is 50.0. The van der Waals surface area contributed by atoms with Crippen molar-refractivity contribution in [3.05, 3.63) is 71.8 Å². The smallest absolute Gasteiger partial charge is 0.416 e. The maximum Gasteiger partial charge on any atom is 0.416 e. The summed E-state index contributed by atoms with van der Waals surface area (Å²) in [6.07, 6.45) is -2.24. The molecule has 1 amide bonds. The summed E-state index contributed by atoms with van der Waals surface area (Å²) >= 11 is 0. The minimum atomic E-state index is -4.65. The molecule has 9 nitrogen and oxygen atoms in total. The second-order valence-corrected chi connectivity index (χ2v) is 6.23. The molecule has 0 fully saturated rings. The van der Waals surface area contributed by atoms with E-state index in [1.165, 1.54) is 36.9 Å². The Morgan fingerprint density at radius 1 is 1.06 bits per heavy atom. The largest absolute Gasteiger partial charge is 0.465 e. The van der Waals surface area contributed by atoms with Gasteiger partial charge in [0.15, 0.2) is 6.61 Å². The Hall–Kier alpha value is -4.22. The van der Waals surface area contributed by atoms with Gasteiger partial charge in [-0.15, -0.1) is 0 Å². The van der Waals surface area contributed by atoms with Gasteiger partial charge in [-0.25, -0.2) is 19.3 Å². The molecule has 2 aromatic carbocycles. The lowest BCUT2D eigenvalue weighted by Crippen LogP contribution is -2.23. The van der Waals surface area contributed by atoms with Gasteiger partial charge in [-0.05, 0) is 30.3 Å². The molecule has 3 rings (SSSR count). The Balaban J connectivity index is 1.77. The molecular weight excluding hydrogens is 433 g/mol. The number of hydrogen-bond donors (Lipinski definition) is 1. The minimum Gasteiger partial charge on any atom is -0.465 e. The number of carbonyl (C=O) groups is 3. The van der Waals surface area contributed by atoms with Crippen LogP contribution in [-0.4, -0.2) is 46.3 Å². The van der Waals surface area contributed by atoms with E-state index >= 15 is 0 Å². The predicted octanol–water partition coefficient (Wildman–Crippen LogP) is 2.87.